The van der Waals surface area contributed by atoms with Gasteiger partial charge >= 0.3 is 12.1 Å². The number of carbonyl (C=O) groups excluding carboxylic acids is 3. The predicted octanol–water partition coefficient (Wildman–Crippen LogP) is 1.41. The minimum atomic E-state index is -0.892. The molecule has 7 heteroatoms. The molecule has 0 N–H and O–H groups in total. The van der Waals surface area contributed by atoms with Crippen LogP contribution in [0.1, 0.15) is 27.2 Å². The number of nitrogens with zero attached hydrogens (tertiary/aromatic N) is 1. The summed E-state index contributed by atoms with van der Waals surface area (Å²) in [6.07, 6.45) is -0.358. The normalized spacial score (nSPS) is 19.5. The summed E-state index contributed by atoms with van der Waals surface area (Å²) < 4.78 is 9.75. The van der Waals surface area contributed by atoms with Gasteiger partial charge in [-0.1, -0.05) is 0 Å². The molecular formula is C12H20ClNO5. The lowest BCUT2D eigenvalue weighted by Crippen LogP contribution is -2.48. The number of carbonyl (C=O) groups is 3. The molecule has 1 heterocycles. The zero-order valence-electron chi connectivity index (χ0n) is 11.6. The topological polar surface area (TPSA) is 72.9 Å². The average molecular weight is 294 g/mol. The number of amides is 1. The van der Waals surface area contributed by atoms with Crippen molar-refractivity contribution in [3.05, 3.63) is 0 Å². The number of hydrogen-bond acceptors (Lipinski definition) is 5. The van der Waals surface area contributed by atoms with Crippen LogP contribution in [0, 0.1) is 5.92 Å². The summed E-state index contributed by atoms with van der Waals surface area (Å²) in [5.74, 6) is -1.69. The van der Waals surface area contributed by atoms with Crippen molar-refractivity contribution >= 4 is 30.3 Å². The van der Waals surface area contributed by atoms with Crippen LogP contribution in [-0.2, 0) is 19.1 Å². The highest BCUT2D eigenvalue weighted by Gasteiger charge is 2.36. The monoisotopic (exact) mass is 293 g/mol. The van der Waals surface area contributed by atoms with Crippen molar-refractivity contribution in [3.63, 3.8) is 0 Å². The van der Waals surface area contributed by atoms with Crippen molar-refractivity contribution < 1.29 is 23.9 Å². The fraction of sp³-hybridized carbons (Fsp3) is 0.750. The van der Waals surface area contributed by atoms with E-state index in [4.69, 9.17) is 4.74 Å². The second-order valence-electron chi connectivity index (χ2n) is 5.22. The van der Waals surface area contributed by atoms with E-state index in [-0.39, 0.29) is 37.7 Å². The van der Waals surface area contributed by atoms with Gasteiger partial charge in [0.1, 0.15) is 11.5 Å². The van der Waals surface area contributed by atoms with E-state index >= 15 is 0 Å². The maximum atomic E-state index is 11.8. The standard InChI is InChI=1S/C12H19NO5.ClH/c1-12(2,3)18-11(16)13-6-5-9(14)8(7-13)10(15)17-4;/h8H,5-7H2,1-4H3;1H. The summed E-state index contributed by atoms with van der Waals surface area (Å²) in [6, 6.07) is 0. The maximum absolute atomic E-state index is 11.8. The highest BCUT2D eigenvalue weighted by Crippen LogP contribution is 2.17. The Bertz CT molecular complexity index is 356. The average Bonchev–Trinajstić information content (AvgIpc) is 2.26. The van der Waals surface area contributed by atoms with Gasteiger partial charge in [0.25, 0.3) is 0 Å². The van der Waals surface area contributed by atoms with Crippen LogP contribution in [0.4, 0.5) is 4.79 Å². The van der Waals surface area contributed by atoms with Gasteiger partial charge in [0.15, 0.2) is 5.78 Å². The molecule has 6 nitrogen and oxygen atoms in total. The molecule has 0 aromatic rings. The smallest absolute Gasteiger partial charge is 0.410 e. The van der Waals surface area contributed by atoms with E-state index in [1.807, 2.05) is 0 Å². The number of ether oxygens (including phenoxy) is 2. The van der Waals surface area contributed by atoms with Gasteiger partial charge in [-0.25, -0.2) is 4.79 Å². The Morgan fingerprint density at radius 2 is 1.89 bits per heavy atom. The molecule has 0 aromatic heterocycles. The van der Waals surface area contributed by atoms with E-state index < -0.39 is 23.6 Å². The maximum Gasteiger partial charge on any atom is 0.410 e. The highest BCUT2D eigenvalue weighted by atomic mass is 35.5. The number of piperidine rings is 1. The quantitative estimate of drug-likeness (QED) is 0.540. The first-order chi connectivity index (χ1) is 8.24. The largest absolute Gasteiger partial charge is 0.468 e. The molecule has 1 unspecified atom stereocenters. The number of rotatable bonds is 1. The third-order valence-corrected chi connectivity index (χ3v) is 2.56. The van der Waals surface area contributed by atoms with E-state index in [2.05, 4.69) is 4.74 Å². The van der Waals surface area contributed by atoms with Gasteiger partial charge in [-0.15, -0.1) is 12.4 Å². The number of halogens is 1. The van der Waals surface area contributed by atoms with Gasteiger partial charge in [0.05, 0.1) is 7.11 Å². The molecule has 0 radical (unpaired) electrons. The fourth-order valence-electron chi connectivity index (χ4n) is 1.67. The van der Waals surface area contributed by atoms with Crippen molar-refractivity contribution in [2.75, 3.05) is 20.2 Å². The predicted molar refractivity (Wildman–Crippen MR) is 70.2 cm³/mol. The minimum Gasteiger partial charge on any atom is -0.468 e. The number of esters is 1. The molecule has 1 aliphatic heterocycles. The highest BCUT2D eigenvalue weighted by molar-refractivity contribution is 6.00. The van der Waals surface area contributed by atoms with E-state index in [1.165, 1.54) is 12.0 Å². The number of ketones is 1. The van der Waals surface area contributed by atoms with E-state index in [0.29, 0.717) is 0 Å². The molecule has 110 valence electrons. The first kappa shape index (κ1) is 17.7. The Morgan fingerprint density at radius 3 is 2.37 bits per heavy atom. The Morgan fingerprint density at radius 1 is 1.32 bits per heavy atom. The molecule has 1 atom stereocenters. The zero-order chi connectivity index (χ0) is 13.9. The van der Waals surface area contributed by atoms with Crippen molar-refractivity contribution in [1.82, 2.24) is 4.90 Å². The molecule has 1 fully saturated rings. The number of Topliss-reactive ketones (excluding diaryl/α,β-unsaturated/α-hetero) is 1. The van der Waals surface area contributed by atoms with Gasteiger partial charge in [0.2, 0.25) is 0 Å². The summed E-state index contributed by atoms with van der Waals surface area (Å²) >= 11 is 0. The Hall–Kier alpha value is -1.30. The lowest BCUT2D eigenvalue weighted by atomic mass is 9.97. The third-order valence-electron chi connectivity index (χ3n) is 2.56. The van der Waals surface area contributed by atoms with Crippen LogP contribution in [0.25, 0.3) is 0 Å². The number of hydrogen-bond donors (Lipinski definition) is 0. The summed E-state index contributed by atoms with van der Waals surface area (Å²) in [6.45, 7) is 5.59. The molecule has 0 saturated carbocycles. The van der Waals surface area contributed by atoms with E-state index in [9.17, 15) is 14.4 Å². The van der Waals surface area contributed by atoms with Crippen LogP contribution in [-0.4, -0.2) is 48.5 Å². The van der Waals surface area contributed by atoms with Crippen LogP contribution in [0.5, 0.6) is 0 Å². The van der Waals surface area contributed by atoms with Crippen molar-refractivity contribution in [2.24, 2.45) is 5.92 Å². The third kappa shape index (κ3) is 5.06. The molecule has 19 heavy (non-hydrogen) atoms. The van der Waals surface area contributed by atoms with Crippen LogP contribution in [0.15, 0.2) is 0 Å². The summed E-state index contributed by atoms with van der Waals surface area (Å²) in [7, 11) is 1.22. The lowest BCUT2D eigenvalue weighted by Gasteiger charge is -2.32. The lowest BCUT2D eigenvalue weighted by molar-refractivity contribution is -0.151. The Balaban J connectivity index is 0.00000324. The molecule has 1 saturated heterocycles. The van der Waals surface area contributed by atoms with E-state index in [1.54, 1.807) is 20.8 Å². The first-order valence-corrected chi connectivity index (χ1v) is 5.83. The van der Waals surface area contributed by atoms with Crippen LogP contribution in [0.3, 0.4) is 0 Å². The molecule has 1 rings (SSSR count). The van der Waals surface area contributed by atoms with Crippen molar-refractivity contribution in [3.8, 4) is 0 Å². The zero-order valence-corrected chi connectivity index (χ0v) is 12.4. The fourth-order valence-corrected chi connectivity index (χ4v) is 1.67. The van der Waals surface area contributed by atoms with Gasteiger partial charge in [-0.05, 0) is 20.8 Å². The molecule has 0 aromatic carbocycles. The van der Waals surface area contributed by atoms with Crippen LogP contribution < -0.4 is 0 Å². The summed E-state index contributed by atoms with van der Waals surface area (Å²) in [4.78, 5) is 36.2. The molecule has 0 spiro atoms. The van der Waals surface area contributed by atoms with E-state index in [0.717, 1.165) is 0 Å². The number of likely N-dealkylation sites (tertiary alicyclic amines) is 1. The molecule has 1 amide bonds. The second kappa shape index (κ2) is 6.75. The number of methoxy groups -OCH3 is 1. The van der Waals surface area contributed by atoms with Crippen molar-refractivity contribution in [1.29, 1.82) is 0 Å². The molecule has 0 bridgehead atoms. The summed E-state index contributed by atoms with van der Waals surface area (Å²) in [5.41, 5.74) is -0.598. The van der Waals surface area contributed by atoms with Crippen LogP contribution in [0.2, 0.25) is 0 Å². The van der Waals surface area contributed by atoms with Gasteiger partial charge in [-0.3, -0.25) is 9.59 Å². The molecule has 0 aliphatic carbocycles. The Labute approximate surface area is 118 Å². The van der Waals surface area contributed by atoms with Gasteiger partial charge in [-0.2, -0.15) is 0 Å². The van der Waals surface area contributed by atoms with Gasteiger partial charge in [0, 0.05) is 19.5 Å². The Kier molecular flexibility index (Phi) is 6.29. The summed E-state index contributed by atoms with van der Waals surface area (Å²) in [5, 5.41) is 0. The van der Waals surface area contributed by atoms with Crippen molar-refractivity contribution in [2.45, 2.75) is 32.8 Å². The minimum absolute atomic E-state index is 0. The molecule has 1 aliphatic rings. The second-order valence-corrected chi connectivity index (χ2v) is 5.22. The van der Waals surface area contributed by atoms with Crippen LogP contribution >= 0.6 is 12.4 Å². The van der Waals surface area contributed by atoms with Gasteiger partial charge < -0.3 is 14.4 Å². The first-order valence-electron chi connectivity index (χ1n) is 5.83. The molecular weight excluding hydrogens is 274 g/mol. The SMILES string of the molecule is COC(=O)C1CN(C(=O)OC(C)(C)C)CCC1=O.Cl.